The molecule has 0 bridgehead atoms. The maximum Gasteiger partial charge on any atom is 0.191 e. The van der Waals surface area contributed by atoms with E-state index < -0.39 is 0 Å². The first-order chi connectivity index (χ1) is 16.4. The fraction of sp³-hybridized carbons (Fsp3) is 0.346. The van der Waals surface area contributed by atoms with Crippen molar-refractivity contribution in [2.75, 3.05) is 12.9 Å². The summed E-state index contributed by atoms with van der Waals surface area (Å²) in [6, 6.07) is 15.5. The minimum atomic E-state index is -0.342. The van der Waals surface area contributed by atoms with E-state index in [-0.39, 0.29) is 17.6 Å². The lowest BCUT2D eigenvalue weighted by Crippen LogP contribution is -2.16. The molecule has 0 saturated heterocycles. The van der Waals surface area contributed by atoms with E-state index in [2.05, 4.69) is 28.6 Å². The van der Waals surface area contributed by atoms with Crippen LogP contribution in [0.1, 0.15) is 43.1 Å². The highest BCUT2D eigenvalue weighted by Gasteiger charge is 2.23. The highest BCUT2D eigenvalue weighted by atomic mass is 32.2. The Balaban J connectivity index is 1.54. The number of para-hydroxylation sites is 3. The van der Waals surface area contributed by atoms with Crippen LogP contribution >= 0.6 is 11.8 Å². The van der Waals surface area contributed by atoms with Crippen molar-refractivity contribution in [2.45, 2.75) is 38.6 Å². The Morgan fingerprint density at radius 1 is 1.03 bits per heavy atom. The Kier molecular flexibility index (Phi) is 7.26. The molecule has 2 aromatic heterocycles. The van der Waals surface area contributed by atoms with Gasteiger partial charge in [0.2, 0.25) is 0 Å². The van der Waals surface area contributed by atoms with Gasteiger partial charge in [-0.05, 0) is 31.0 Å². The lowest BCUT2D eigenvalue weighted by atomic mass is 10.1. The zero-order valence-electron chi connectivity index (χ0n) is 20.2. The number of rotatable bonds is 10. The van der Waals surface area contributed by atoms with Crippen LogP contribution in [0.15, 0.2) is 59.9 Å². The van der Waals surface area contributed by atoms with E-state index in [1.165, 1.54) is 11.8 Å². The number of fused-ring (bicyclic) bond motifs is 1. The third-order valence-electron chi connectivity index (χ3n) is 5.56. The molecule has 0 fully saturated rings. The average molecular weight is 479 g/mol. The van der Waals surface area contributed by atoms with Gasteiger partial charge in [0.15, 0.2) is 34.4 Å². The van der Waals surface area contributed by atoms with Crippen LogP contribution in [0, 0.1) is 5.92 Å². The molecule has 0 saturated carbocycles. The SMILES string of the molecule is COc1ccccc1OC(C)c1nnc(SCC(=O)c2cn(C)c3ccccc23)n1CC(C)C. The van der Waals surface area contributed by atoms with Crippen LogP contribution in [0.2, 0.25) is 0 Å². The Bertz CT molecular complexity index is 1290. The predicted molar refractivity (Wildman–Crippen MR) is 135 cm³/mol. The summed E-state index contributed by atoms with van der Waals surface area (Å²) in [6.45, 7) is 6.96. The van der Waals surface area contributed by atoms with E-state index in [0.29, 0.717) is 22.6 Å². The highest BCUT2D eigenvalue weighted by Crippen LogP contribution is 2.32. The van der Waals surface area contributed by atoms with E-state index in [1.807, 2.05) is 73.3 Å². The largest absolute Gasteiger partial charge is 0.493 e. The Morgan fingerprint density at radius 3 is 2.47 bits per heavy atom. The minimum Gasteiger partial charge on any atom is -0.493 e. The molecule has 0 aliphatic rings. The molecule has 0 aliphatic carbocycles. The normalized spacial score (nSPS) is 12.3. The topological polar surface area (TPSA) is 71.2 Å². The first kappa shape index (κ1) is 23.9. The van der Waals surface area contributed by atoms with Gasteiger partial charge in [-0.1, -0.05) is 55.9 Å². The van der Waals surface area contributed by atoms with E-state index in [4.69, 9.17) is 9.47 Å². The Hall–Kier alpha value is -3.26. The number of ketones is 1. The number of aromatic nitrogens is 4. The van der Waals surface area contributed by atoms with E-state index in [0.717, 1.165) is 28.8 Å². The number of hydrogen-bond acceptors (Lipinski definition) is 6. The van der Waals surface area contributed by atoms with Crippen molar-refractivity contribution >= 4 is 28.4 Å². The molecular weight excluding hydrogens is 448 g/mol. The molecule has 1 unspecified atom stereocenters. The van der Waals surface area contributed by atoms with Gasteiger partial charge >= 0.3 is 0 Å². The van der Waals surface area contributed by atoms with Gasteiger partial charge in [-0.25, -0.2) is 0 Å². The molecule has 2 aromatic carbocycles. The van der Waals surface area contributed by atoms with Crippen molar-refractivity contribution in [2.24, 2.45) is 13.0 Å². The number of nitrogens with zero attached hydrogens (tertiary/aromatic N) is 4. The summed E-state index contributed by atoms with van der Waals surface area (Å²) in [5.74, 6) is 2.77. The van der Waals surface area contributed by atoms with Crippen LogP contribution in [0.25, 0.3) is 10.9 Å². The molecule has 4 rings (SSSR count). The third kappa shape index (κ3) is 4.97. The molecule has 8 heteroatoms. The average Bonchev–Trinajstić information content (AvgIpc) is 3.38. The number of hydrogen-bond donors (Lipinski definition) is 0. The molecule has 1 atom stereocenters. The van der Waals surface area contributed by atoms with Gasteiger partial charge in [0, 0.05) is 36.3 Å². The van der Waals surface area contributed by atoms with Crippen molar-refractivity contribution in [3.05, 3.63) is 66.1 Å². The van der Waals surface area contributed by atoms with Gasteiger partial charge in [0.1, 0.15) is 0 Å². The number of carbonyl (C=O) groups excluding carboxylic acids is 1. The lowest BCUT2D eigenvalue weighted by Gasteiger charge is -2.19. The van der Waals surface area contributed by atoms with E-state index in [1.54, 1.807) is 7.11 Å². The van der Waals surface area contributed by atoms with Gasteiger partial charge in [0.05, 0.1) is 12.9 Å². The summed E-state index contributed by atoms with van der Waals surface area (Å²) < 4.78 is 15.6. The van der Waals surface area contributed by atoms with Crippen molar-refractivity contribution in [1.82, 2.24) is 19.3 Å². The smallest absolute Gasteiger partial charge is 0.191 e. The fourth-order valence-corrected chi connectivity index (χ4v) is 4.81. The molecular formula is C26H30N4O3S. The number of thioether (sulfide) groups is 1. The van der Waals surface area contributed by atoms with Crippen molar-refractivity contribution in [3.8, 4) is 11.5 Å². The summed E-state index contributed by atoms with van der Waals surface area (Å²) in [6.07, 6.45) is 1.56. The van der Waals surface area contributed by atoms with Crippen molar-refractivity contribution in [1.29, 1.82) is 0 Å². The summed E-state index contributed by atoms with van der Waals surface area (Å²) in [7, 11) is 3.58. The van der Waals surface area contributed by atoms with E-state index in [9.17, 15) is 4.79 Å². The van der Waals surface area contributed by atoms with E-state index >= 15 is 0 Å². The van der Waals surface area contributed by atoms with Crippen molar-refractivity contribution in [3.63, 3.8) is 0 Å². The number of ether oxygens (including phenoxy) is 2. The van der Waals surface area contributed by atoms with Gasteiger partial charge in [-0.15, -0.1) is 10.2 Å². The highest BCUT2D eigenvalue weighted by molar-refractivity contribution is 7.99. The first-order valence-electron chi connectivity index (χ1n) is 11.3. The lowest BCUT2D eigenvalue weighted by molar-refractivity contribution is 0.102. The van der Waals surface area contributed by atoms with Gasteiger partial charge < -0.3 is 18.6 Å². The molecule has 34 heavy (non-hydrogen) atoms. The van der Waals surface area contributed by atoms with Crippen LogP contribution < -0.4 is 9.47 Å². The molecule has 2 heterocycles. The second-order valence-corrected chi connectivity index (χ2v) is 9.58. The second-order valence-electron chi connectivity index (χ2n) is 8.64. The standard InChI is InChI=1S/C26H30N4O3S/c1-17(2)14-30-25(18(3)33-24-13-9-8-12-23(24)32-5)27-28-26(30)34-16-22(31)20-15-29(4)21-11-7-6-10-19(20)21/h6-13,15,17-18H,14,16H2,1-5H3. The van der Waals surface area contributed by atoms with Crippen LogP contribution in [-0.2, 0) is 13.6 Å². The molecule has 178 valence electrons. The summed E-state index contributed by atoms with van der Waals surface area (Å²) in [5.41, 5.74) is 1.78. The van der Waals surface area contributed by atoms with Gasteiger partial charge in [-0.2, -0.15) is 0 Å². The van der Waals surface area contributed by atoms with Crippen LogP contribution in [-0.4, -0.2) is 38.0 Å². The molecule has 7 nitrogen and oxygen atoms in total. The molecule has 0 N–H and O–H groups in total. The second kappa shape index (κ2) is 10.3. The fourth-order valence-electron chi connectivity index (χ4n) is 3.98. The third-order valence-corrected chi connectivity index (χ3v) is 6.53. The van der Waals surface area contributed by atoms with Crippen molar-refractivity contribution < 1.29 is 14.3 Å². The monoisotopic (exact) mass is 478 g/mol. The summed E-state index contributed by atoms with van der Waals surface area (Å²) >= 11 is 1.41. The number of aryl methyl sites for hydroxylation is 1. The Labute approximate surface area is 204 Å². The van der Waals surface area contributed by atoms with Gasteiger partial charge in [-0.3, -0.25) is 4.79 Å². The molecule has 0 spiro atoms. The number of carbonyl (C=O) groups is 1. The zero-order chi connectivity index (χ0) is 24.2. The number of benzene rings is 2. The molecule has 0 aliphatic heterocycles. The summed E-state index contributed by atoms with van der Waals surface area (Å²) in [5, 5.41) is 10.5. The maximum atomic E-state index is 13.1. The zero-order valence-corrected chi connectivity index (χ0v) is 21.0. The van der Waals surface area contributed by atoms with Crippen LogP contribution in [0.3, 0.4) is 0 Å². The molecule has 4 aromatic rings. The Morgan fingerprint density at radius 2 is 1.74 bits per heavy atom. The number of Topliss-reactive ketones (excluding diaryl/α,β-unsaturated/α-hetero) is 1. The first-order valence-corrected chi connectivity index (χ1v) is 12.3. The van der Waals surface area contributed by atoms with Crippen LogP contribution in [0.4, 0.5) is 0 Å². The van der Waals surface area contributed by atoms with Crippen LogP contribution in [0.5, 0.6) is 11.5 Å². The molecule has 0 radical (unpaired) electrons. The minimum absolute atomic E-state index is 0.0702. The molecule has 0 amide bonds. The number of methoxy groups -OCH3 is 1. The predicted octanol–water partition coefficient (Wildman–Crippen LogP) is 5.55. The maximum absolute atomic E-state index is 13.1. The van der Waals surface area contributed by atoms with Gasteiger partial charge in [0.25, 0.3) is 0 Å². The quantitative estimate of drug-likeness (QED) is 0.220. The summed E-state index contributed by atoms with van der Waals surface area (Å²) in [4.78, 5) is 13.1.